The van der Waals surface area contributed by atoms with E-state index < -0.39 is 10.0 Å². The summed E-state index contributed by atoms with van der Waals surface area (Å²) < 4.78 is 26.0. The van der Waals surface area contributed by atoms with Crippen molar-refractivity contribution in [2.45, 2.75) is 38.6 Å². The fourth-order valence-corrected chi connectivity index (χ4v) is 3.45. The maximum Gasteiger partial charge on any atom is 0.212 e. The Balaban J connectivity index is 2.32. The Kier molecular flexibility index (Phi) is 6.16. The summed E-state index contributed by atoms with van der Waals surface area (Å²) in [6, 6.07) is -0.0112. The molecule has 5 heteroatoms. The van der Waals surface area contributed by atoms with Crippen LogP contribution in [-0.4, -0.2) is 44.7 Å². The van der Waals surface area contributed by atoms with Gasteiger partial charge in [-0.3, -0.25) is 0 Å². The van der Waals surface area contributed by atoms with Crippen molar-refractivity contribution in [3.63, 3.8) is 0 Å². The predicted molar refractivity (Wildman–Crippen MR) is 71.5 cm³/mol. The Hall–Kier alpha value is -0.390. The highest BCUT2D eigenvalue weighted by molar-refractivity contribution is 7.89. The summed E-state index contributed by atoms with van der Waals surface area (Å²) in [6.45, 7) is 8.47. The van der Waals surface area contributed by atoms with Crippen LogP contribution in [0.25, 0.3) is 0 Å². The van der Waals surface area contributed by atoms with Crippen molar-refractivity contribution >= 4 is 10.0 Å². The number of likely N-dealkylation sites (tertiary alicyclic amines) is 1. The van der Waals surface area contributed by atoms with Crippen molar-refractivity contribution in [1.82, 2.24) is 9.62 Å². The molecule has 0 aliphatic carbocycles. The number of rotatable bonds is 7. The van der Waals surface area contributed by atoms with Gasteiger partial charge in [-0.15, -0.1) is 6.58 Å². The highest BCUT2D eigenvalue weighted by Crippen LogP contribution is 2.09. The van der Waals surface area contributed by atoms with Gasteiger partial charge in [0.15, 0.2) is 0 Å². The van der Waals surface area contributed by atoms with Gasteiger partial charge in [0.05, 0.1) is 5.75 Å². The minimum absolute atomic E-state index is 0.0112. The molecule has 1 heterocycles. The first-order valence-electron chi connectivity index (χ1n) is 6.37. The zero-order chi connectivity index (χ0) is 12.7. The van der Waals surface area contributed by atoms with Crippen molar-refractivity contribution in [1.29, 1.82) is 0 Å². The highest BCUT2D eigenvalue weighted by atomic mass is 32.2. The number of hydrogen-bond acceptors (Lipinski definition) is 3. The van der Waals surface area contributed by atoms with E-state index in [4.69, 9.17) is 0 Å². The molecule has 100 valence electrons. The van der Waals surface area contributed by atoms with Crippen molar-refractivity contribution in [2.24, 2.45) is 0 Å². The number of hydrogen-bond donors (Lipinski definition) is 1. The molecule has 0 unspecified atom stereocenters. The van der Waals surface area contributed by atoms with Gasteiger partial charge >= 0.3 is 0 Å². The fraction of sp³-hybridized carbons (Fsp3) is 0.833. The van der Waals surface area contributed by atoms with Gasteiger partial charge in [0.1, 0.15) is 0 Å². The lowest BCUT2D eigenvalue weighted by atomic mass is 10.1. The monoisotopic (exact) mass is 260 g/mol. The Morgan fingerprint density at radius 2 is 2.00 bits per heavy atom. The van der Waals surface area contributed by atoms with E-state index in [0.29, 0.717) is 6.42 Å². The lowest BCUT2D eigenvalue weighted by Crippen LogP contribution is -2.44. The fourth-order valence-electron chi connectivity index (χ4n) is 2.17. The van der Waals surface area contributed by atoms with Crippen molar-refractivity contribution in [3.05, 3.63) is 12.7 Å². The van der Waals surface area contributed by atoms with Crippen LogP contribution < -0.4 is 4.72 Å². The Bertz CT molecular complexity index is 321. The molecule has 0 saturated carbocycles. The molecule has 0 radical (unpaired) electrons. The Morgan fingerprint density at radius 1 is 1.35 bits per heavy atom. The van der Waals surface area contributed by atoms with Crippen LogP contribution in [0.15, 0.2) is 12.7 Å². The Labute approximate surface area is 105 Å². The molecule has 4 nitrogen and oxygen atoms in total. The quantitative estimate of drug-likeness (QED) is 0.703. The molecule has 0 aromatic rings. The van der Waals surface area contributed by atoms with Crippen LogP contribution in [0.3, 0.4) is 0 Å². The zero-order valence-electron chi connectivity index (χ0n) is 10.7. The third-order valence-electron chi connectivity index (χ3n) is 2.95. The van der Waals surface area contributed by atoms with Gasteiger partial charge in [-0.05, 0) is 39.3 Å². The first-order valence-corrected chi connectivity index (χ1v) is 8.02. The number of sulfonamides is 1. The SMILES string of the molecule is C=CCCS(=O)(=O)N[C@@H](C)CN1CCCCC1. The van der Waals surface area contributed by atoms with Crippen LogP contribution in [0.5, 0.6) is 0 Å². The van der Waals surface area contributed by atoms with Crippen LogP contribution in [0.2, 0.25) is 0 Å². The lowest BCUT2D eigenvalue weighted by molar-refractivity contribution is 0.215. The summed E-state index contributed by atoms with van der Waals surface area (Å²) in [5.41, 5.74) is 0. The lowest BCUT2D eigenvalue weighted by Gasteiger charge is -2.29. The van der Waals surface area contributed by atoms with Crippen LogP contribution in [-0.2, 0) is 10.0 Å². The normalized spacial score (nSPS) is 20.1. The third kappa shape index (κ3) is 6.19. The number of allylic oxidation sites excluding steroid dienone is 1. The summed E-state index contributed by atoms with van der Waals surface area (Å²) >= 11 is 0. The van der Waals surface area contributed by atoms with Gasteiger partial charge in [-0.2, -0.15) is 0 Å². The second-order valence-corrected chi connectivity index (χ2v) is 6.65. The first-order chi connectivity index (χ1) is 8.03. The molecule has 1 aliphatic rings. The summed E-state index contributed by atoms with van der Waals surface area (Å²) in [6.07, 6.45) is 5.90. The largest absolute Gasteiger partial charge is 0.302 e. The second kappa shape index (κ2) is 7.13. The van der Waals surface area contributed by atoms with Crippen LogP contribution in [0, 0.1) is 0 Å². The molecule has 0 aromatic heterocycles. The second-order valence-electron chi connectivity index (χ2n) is 4.78. The van der Waals surface area contributed by atoms with E-state index in [1.807, 2.05) is 6.92 Å². The summed E-state index contributed by atoms with van der Waals surface area (Å²) in [5.74, 6) is 0.140. The van der Waals surface area contributed by atoms with E-state index in [9.17, 15) is 8.42 Å². The van der Waals surface area contributed by atoms with Gasteiger partial charge in [0.2, 0.25) is 10.0 Å². The first kappa shape index (κ1) is 14.7. The number of nitrogens with zero attached hydrogens (tertiary/aromatic N) is 1. The van der Waals surface area contributed by atoms with E-state index in [0.717, 1.165) is 19.6 Å². The molecule has 0 amide bonds. The molecule has 1 fully saturated rings. The molecule has 0 spiro atoms. The molecule has 1 aliphatic heterocycles. The van der Waals surface area contributed by atoms with Crippen molar-refractivity contribution < 1.29 is 8.42 Å². The van der Waals surface area contributed by atoms with Gasteiger partial charge < -0.3 is 4.90 Å². The van der Waals surface area contributed by atoms with E-state index in [1.54, 1.807) is 6.08 Å². The zero-order valence-corrected chi connectivity index (χ0v) is 11.5. The van der Waals surface area contributed by atoms with Gasteiger partial charge in [0, 0.05) is 12.6 Å². The van der Waals surface area contributed by atoms with E-state index in [1.165, 1.54) is 19.3 Å². The smallest absolute Gasteiger partial charge is 0.212 e. The Morgan fingerprint density at radius 3 is 2.59 bits per heavy atom. The molecular weight excluding hydrogens is 236 g/mol. The maximum absolute atomic E-state index is 11.7. The molecule has 1 rings (SSSR count). The van der Waals surface area contributed by atoms with Gasteiger partial charge in [-0.1, -0.05) is 12.5 Å². The number of nitrogens with one attached hydrogen (secondary N) is 1. The topological polar surface area (TPSA) is 49.4 Å². The molecule has 1 atom stereocenters. The third-order valence-corrected chi connectivity index (χ3v) is 4.49. The van der Waals surface area contributed by atoms with Gasteiger partial charge in [0.25, 0.3) is 0 Å². The predicted octanol–water partition coefficient (Wildman–Crippen LogP) is 1.36. The summed E-state index contributed by atoms with van der Waals surface area (Å²) in [4.78, 5) is 2.34. The highest BCUT2D eigenvalue weighted by Gasteiger charge is 2.17. The van der Waals surface area contributed by atoms with Crippen molar-refractivity contribution in [2.75, 3.05) is 25.4 Å². The molecule has 17 heavy (non-hydrogen) atoms. The summed E-state index contributed by atoms with van der Waals surface area (Å²) in [7, 11) is -3.14. The molecule has 1 N–H and O–H groups in total. The van der Waals surface area contributed by atoms with E-state index >= 15 is 0 Å². The minimum Gasteiger partial charge on any atom is -0.302 e. The molecule has 0 bridgehead atoms. The van der Waals surface area contributed by atoms with Crippen molar-refractivity contribution in [3.8, 4) is 0 Å². The average Bonchev–Trinajstić information content (AvgIpc) is 2.27. The van der Waals surface area contributed by atoms with E-state index in [2.05, 4.69) is 16.2 Å². The average molecular weight is 260 g/mol. The standard InChI is InChI=1S/C12H24N2O2S/c1-3-4-10-17(15,16)13-12(2)11-14-8-6-5-7-9-14/h3,12-13H,1,4-11H2,2H3/t12-/m0/s1. The maximum atomic E-state index is 11.7. The van der Waals surface area contributed by atoms with Crippen LogP contribution in [0.4, 0.5) is 0 Å². The van der Waals surface area contributed by atoms with Crippen LogP contribution >= 0.6 is 0 Å². The number of piperidine rings is 1. The summed E-state index contributed by atoms with van der Waals surface area (Å²) in [5, 5.41) is 0. The van der Waals surface area contributed by atoms with Gasteiger partial charge in [-0.25, -0.2) is 13.1 Å². The minimum atomic E-state index is -3.14. The molecule has 0 aromatic carbocycles. The molecule has 1 saturated heterocycles. The van der Waals surface area contributed by atoms with E-state index in [-0.39, 0.29) is 11.8 Å². The molecular formula is C12H24N2O2S. The van der Waals surface area contributed by atoms with Crippen LogP contribution in [0.1, 0.15) is 32.6 Å².